The number of aryl methyl sites for hydroxylation is 2. The van der Waals surface area contributed by atoms with Crippen LogP contribution in [0.4, 0.5) is 13.2 Å². The summed E-state index contributed by atoms with van der Waals surface area (Å²) >= 11 is 0. The van der Waals surface area contributed by atoms with Crippen LogP contribution in [0.3, 0.4) is 0 Å². The number of hydrogen-bond donors (Lipinski definition) is 1. The number of unbranched alkanes of at least 4 members (excludes halogenated alkanes) is 1. The van der Waals surface area contributed by atoms with Gasteiger partial charge in [0.2, 0.25) is 0 Å². The van der Waals surface area contributed by atoms with Crippen molar-refractivity contribution in [3.63, 3.8) is 0 Å². The highest BCUT2D eigenvalue weighted by atomic mass is 19.4. The Bertz CT molecular complexity index is 379. The van der Waals surface area contributed by atoms with E-state index in [-0.39, 0.29) is 12.5 Å². The Labute approximate surface area is 113 Å². The van der Waals surface area contributed by atoms with E-state index < -0.39 is 12.6 Å². The fraction of sp³-hybridized carbons (Fsp3) is 0.600. The van der Waals surface area contributed by atoms with Crippen LogP contribution in [0.15, 0.2) is 18.2 Å². The van der Waals surface area contributed by atoms with Gasteiger partial charge in [-0.25, -0.2) is 0 Å². The lowest BCUT2D eigenvalue weighted by molar-refractivity contribution is -0.135. The summed E-state index contributed by atoms with van der Waals surface area (Å²) in [5, 5.41) is 3.27. The molecular weight excluding hydrogens is 251 g/mol. The van der Waals surface area contributed by atoms with Crippen LogP contribution in [0.1, 0.15) is 48.9 Å². The molecule has 0 saturated carbocycles. The molecule has 108 valence electrons. The summed E-state index contributed by atoms with van der Waals surface area (Å²) in [6, 6.07) is 6.50. The van der Waals surface area contributed by atoms with Gasteiger partial charge < -0.3 is 5.32 Å². The molecule has 1 unspecified atom stereocenters. The van der Waals surface area contributed by atoms with E-state index in [2.05, 4.69) is 23.5 Å². The first-order valence-corrected chi connectivity index (χ1v) is 6.66. The average molecular weight is 273 g/mol. The third kappa shape index (κ3) is 6.62. The minimum atomic E-state index is -4.03. The van der Waals surface area contributed by atoms with E-state index in [1.165, 1.54) is 16.7 Å². The maximum absolute atomic E-state index is 12.0. The molecule has 0 radical (unpaired) electrons. The molecule has 0 spiro atoms. The molecule has 4 heteroatoms. The third-order valence-electron chi connectivity index (χ3n) is 3.08. The van der Waals surface area contributed by atoms with Crippen molar-refractivity contribution >= 4 is 0 Å². The summed E-state index contributed by atoms with van der Waals surface area (Å²) in [5.74, 6) is 0. The molecule has 0 heterocycles. The predicted molar refractivity (Wildman–Crippen MR) is 72.2 cm³/mol. The molecule has 0 bridgehead atoms. The van der Waals surface area contributed by atoms with E-state index in [1.807, 2.05) is 20.8 Å². The van der Waals surface area contributed by atoms with E-state index in [0.717, 1.165) is 0 Å². The molecule has 1 aromatic rings. The lowest BCUT2D eigenvalue weighted by atomic mass is 10.0. The first kappa shape index (κ1) is 16.0. The summed E-state index contributed by atoms with van der Waals surface area (Å²) in [4.78, 5) is 0. The highest BCUT2D eigenvalue weighted by Crippen LogP contribution is 2.22. The molecule has 1 N–H and O–H groups in total. The van der Waals surface area contributed by atoms with Crippen LogP contribution in [0, 0.1) is 13.8 Å². The summed E-state index contributed by atoms with van der Waals surface area (Å²) in [6.07, 6.45) is -3.98. The molecule has 0 aliphatic carbocycles. The zero-order valence-electron chi connectivity index (χ0n) is 11.8. The van der Waals surface area contributed by atoms with Gasteiger partial charge in [0.05, 0.1) is 0 Å². The number of halogens is 3. The summed E-state index contributed by atoms with van der Waals surface area (Å²) in [6.45, 7) is 6.75. The SMILES string of the molecule is Cc1cc(C)cc(C(C)NCCCCC(F)(F)F)c1. The van der Waals surface area contributed by atoms with Gasteiger partial charge in [0.1, 0.15) is 0 Å². The van der Waals surface area contributed by atoms with Crippen LogP contribution < -0.4 is 5.32 Å². The van der Waals surface area contributed by atoms with Crippen molar-refractivity contribution in [2.75, 3.05) is 6.54 Å². The van der Waals surface area contributed by atoms with E-state index in [0.29, 0.717) is 13.0 Å². The molecule has 0 amide bonds. The van der Waals surface area contributed by atoms with Crippen molar-refractivity contribution in [2.45, 2.75) is 52.3 Å². The Morgan fingerprint density at radius 1 is 1.05 bits per heavy atom. The molecule has 1 nitrogen and oxygen atoms in total. The van der Waals surface area contributed by atoms with E-state index in [4.69, 9.17) is 0 Å². The van der Waals surface area contributed by atoms with Crippen LogP contribution in [0.5, 0.6) is 0 Å². The number of nitrogens with one attached hydrogen (secondary N) is 1. The number of alkyl halides is 3. The minimum Gasteiger partial charge on any atom is -0.310 e. The van der Waals surface area contributed by atoms with Crippen LogP contribution in [-0.4, -0.2) is 12.7 Å². The zero-order chi connectivity index (χ0) is 14.5. The molecular formula is C15H22F3N. The normalized spacial score (nSPS) is 13.6. The van der Waals surface area contributed by atoms with Crippen molar-refractivity contribution < 1.29 is 13.2 Å². The molecule has 1 aromatic carbocycles. The quantitative estimate of drug-likeness (QED) is 0.742. The Kier molecular flexibility index (Phi) is 5.85. The highest BCUT2D eigenvalue weighted by Gasteiger charge is 2.25. The summed E-state index contributed by atoms with van der Waals surface area (Å²) < 4.78 is 35.9. The molecule has 1 rings (SSSR count). The van der Waals surface area contributed by atoms with Crippen LogP contribution in [-0.2, 0) is 0 Å². The highest BCUT2D eigenvalue weighted by molar-refractivity contribution is 5.30. The van der Waals surface area contributed by atoms with Crippen molar-refractivity contribution in [1.82, 2.24) is 5.32 Å². The second-order valence-electron chi connectivity index (χ2n) is 5.17. The van der Waals surface area contributed by atoms with Crippen LogP contribution >= 0.6 is 0 Å². The van der Waals surface area contributed by atoms with Crippen molar-refractivity contribution in [2.24, 2.45) is 0 Å². The van der Waals surface area contributed by atoms with Gasteiger partial charge in [-0.15, -0.1) is 0 Å². The third-order valence-corrected chi connectivity index (χ3v) is 3.08. The maximum Gasteiger partial charge on any atom is 0.389 e. The Morgan fingerprint density at radius 2 is 1.63 bits per heavy atom. The van der Waals surface area contributed by atoms with Gasteiger partial charge in [-0.3, -0.25) is 0 Å². The summed E-state index contributed by atoms with van der Waals surface area (Å²) in [7, 11) is 0. The van der Waals surface area contributed by atoms with Gasteiger partial charge in [-0.05, 0) is 45.7 Å². The molecule has 0 aliphatic rings. The van der Waals surface area contributed by atoms with Gasteiger partial charge in [0, 0.05) is 12.5 Å². The molecule has 0 aliphatic heterocycles. The topological polar surface area (TPSA) is 12.0 Å². The Hall–Kier alpha value is -1.03. The van der Waals surface area contributed by atoms with Gasteiger partial charge >= 0.3 is 6.18 Å². The van der Waals surface area contributed by atoms with E-state index in [1.54, 1.807) is 0 Å². The number of rotatable bonds is 6. The fourth-order valence-corrected chi connectivity index (χ4v) is 2.15. The molecule has 19 heavy (non-hydrogen) atoms. The lowest BCUT2D eigenvalue weighted by Crippen LogP contribution is -2.20. The monoisotopic (exact) mass is 273 g/mol. The fourth-order valence-electron chi connectivity index (χ4n) is 2.15. The molecule has 0 aromatic heterocycles. The number of hydrogen-bond acceptors (Lipinski definition) is 1. The Balaban J connectivity index is 2.33. The average Bonchev–Trinajstić information content (AvgIpc) is 2.25. The van der Waals surface area contributed by atoms with Gasteiger partial charge in [0.25, 0.3) is 0 Å². The maximum atomic E-state index is 12.0. The lowest BCUT2D eigenvalue weighted by Gasteiger charge is -2.16. The van der Waals surface area contributed by atoms with Gasteiger partial charge in [0.15, 0.2) is 0 Å². The van der Waals surface area contributed by atoms with Crippen LogP contribution in [0.25, 0.3) is 0 Å². The zero-order valence-corrected chi connectivity index (χ0v) is 11.8. The standard InChI is InChI=1S/C15H22F3N/c1-11-8-12(2)10-14(9-11)13(3)19-7-5-4-6-15(16,17)18/h8-10,13,19H,4-7H2,1-3H3. The second-order valence-corrected chi connectivity index (χ2v) is 5.17. The van der Waals surface area contributed by atoms with Crippen LogP contribution in [0.2, 0.25) is 0 Å². The first-order valence-electron chi connectivity index (χ1n) is 6.66. The number of benzene rings is 1. The van der Waals surface area contributed by atoms with E-state index in [9.17, 15) is 13.2 Å². The van der Waals surface area contributed by atoms with E-state index >= 15 is 0 Å². The minimum absolute atomic E-state index is 0.171. The first-order chi connectivity index (χ1) is 8.78. The Morgan fingerprint density at radius 3 is 2.16 bits per heavy atom. The molecule has 1 atom stereocenters. The molecule has 0 fully saturated rings. The van der Waals surface area contributed by atoms with Crippen molar-refractivity contribution in [1.29, 1.82) is 0 Å². The molecule has 0 saturated heterocycles. The van der Waals surface area contributed by atoms with Crippen molar-refractivity contribution in [3.8, 4) is 0 Å². The van der Waals surface area contributed by atoms with Crippen molar-refractivity contribution in [3.05, 3.63) is 34.9 Å². The predicted octanol–water partition coefficient (Wildman–Crippen LogP) is 4.69. The smallest absolute Gasteiger partial charge is 0.310 e. The second kappa shape index (κ2) is 6.94. The largest absolute Gasteiger partial charge is 0.389 e. The van der Waals surface area contributed by atoms with Gasteiger partial charge in [-0.1, -0.05) is 29.3 Å². The van der Waals surface area contributed by atoms with Gasteiger partial charge in [-0.2, -0.15) is 13.2 Å². The summed E-state index contributed by atoms with van der Waals surface area (Å²) in [5.41, 5.74) is 3.61.